The molecule has 2 saturated heterocycles. The van der Waals surface area contributed by atoms with Crippen LogP contribution in [0.4, 0.5) is 0 Å². The van der Waals surface area contributed by atoms with Crippen molar-refractivity contribution in [3.8, 4) is 0 Å². The lowest BCUT2D eigenvalue weighted by Crippen LogP contribution is -2.52. The summed E-state index contributed by atoms with van der Waals surface area (Å²) in [6.45, 7) is 0.413. The maximum atomic E-state index is 12.7. The van der Waals surface area contributed by atoms with Crippen molar-refractivity contribution < 1.29 is 19.8 Å². The zero-order chi connectivity index (χ0) is 14.3. The number of fused-ring (bicyclic) bond motifs is 1. The second-order valence-electron chi connectivity index (χ2n) is 6.30. The summed E-state index contributed by atoms with van der Waals surface area (Å²) in [6, 6.07) is -1.03. The largest absolute Gasteiger partial charge is 0.480 e. The molecule has 3 aliphatic rings. The van der Waals surface area contributed by atoms with E-state index in [0.717, 1.165) is 25.7 Å². The van der Waals surface area contributed by atoms with Gasteiger partial charge in [0.2, 0.25) is 5.91 Å². The molecule has 3 fully saturated rings. The molecule has 2 heterocycles. The Bertz CT molecular complexity index is 414. The minimum absolute atomic E-state index is 0.0805. The molecule has 0 radical (unpaired) electrons. The smallest absolute Gasteiger partial charge is 0.326 e. The molecule has 20 heavy (non-hydrogen) atoms. The van der Waals surface area contributed by atoms with Gasteiger partial charge in [0.1, 0.15) is 6.04 Å². The van der Waals surface area contributed by atoms with Gasteiger partial charge in [0, 0.05) is 12.6 Å². The number of β-amino-alcohol motifs (C(OH)–C–C–N with tert-alkyl or cyclic N) is 1. The quantitative estimate of drug-likeness (QED) is 0.661. The standard InChI is InChI=1S/C14H22N2O4/c17-9-6-10(15-7-9)13(18)16-11-4-2-1-3-8(11)5-12(16)14(19)20/h8-12,15,17H,1-7H2,(H,19,20). The van der Waals surface area contributed by atoms with Crippen LogP contribution >= 0.6 is 0 Å². The minimum atomic E-state index is -0.897. The normalized spacial score (nSPS) is 40.6. The highest BCUT2D eigenvalue weighted by molar-refractivity contribution is 5.88. The summed E-state index contributed by atoms with van der Waals surface area (Å²) in [5.74, 6) is -0.699. The van der Waals surface area contributed by atoms with Crippen LogP contribution in [0, 0.1) is 5.92 Å². The fourth-order valence-corrected chi connectivity index (χ4v) is 4.08. The molecule has 5 unspecified atom stereocenters. The molecular formula is C14H22N2O4. The van der Waals surface area contributed by atoms with Crippen molar-refractivity contribution >= 4 is 11.9 Å². The number of hydrogen-bond acceptors (Lipinski definition) is 4. The lowest BCUT2D eigenvalue weighted by molar-refractivity contribution is -0.150. The Balaban J connectivity index is 1.80. The van der Waals surface area contributed by atoms with Crippen LogP contribution < -0.4 is 5.32 Å². The van der Waals surface area contributed by atoms with Crippen molar-refractivity contribution in [2.45, 2.75) is 62.8 Å². The number of aliphatic hydroxyl groups excluding tert-OH is 1. The van der Waals surface area contributed by atoms with Crippen molar-refractivity contribution in [3.63, 3.8) is 0 Å². The summed E-state index contributed by atoms with van der Waals surface area (Å²) in [5.41, 5.74) is 0. The Morgan fingerprint density at radius 2 is 1.90 bits per heavy atom. The summed E-state index contributed by atoms with van der Waals surface area (Å²) >= 11 is 0. The van der Waals surface area contributed by atoms with Crippen LogP contribution in [0.15, 0.2) is 0 Å². The van der Waals surface area contributed by atoms with Gasteiger partial charge in [-0.3, -0.25) is 4.79 Å². The second-order valence-corrected chi connectivity index (χ2v) is 6.30. The predicted molar refractivity (Wildman–Crippen MR) is 71.0 cm³/mol. The number of aliphatic carboxylic acids is 1. The van der Waals surface area contributed by atoms with Crippen LogP contribution in [-0.2, 0) is 9.59 Å². The number of carbonyl (C=O) groups is 2. The molecule has 3 N–H and O–H groups in total. The molecule has 0 aromatic rings. The summed E-state index contributed by atoms with van der Waals surface area (Å²) in [5, 5.41) is 22.0. The van der Waals surface area contributed by atoms with Gasteiger partial charge in [0.15, 0.2) is 0 Å². The average Bonchev–Trinajstić information content (AvgIpc) is 3.01. The third-order valence-corrected chi connectivity index (χ3v) is 5.03. The molecule has 112 valence electrons. The lowest BCUT2D eigenvalue weighted by atomic mass is 9.84. The first-order chi connectivity index (χ1) is 9.58. The van der Waals surface area contributed by atoms with E-state index in [1.54, 1.807) is 4.90 Å². The summed E-state index contributed by atoms with van der Waals surface area (Å²) in [4.78, 5) is 25.7. The number of likely N-dealkylation sites (tertiary alicyclic amines) is 1. The van der Waals surface area contributed by atoms with Gasteiger partial charge in [0.25, 0.3) is 0 Å². The molecule has 6 nitrogen and oxygen atoms in total. The van der Waals surface area contributed by atoms with Crippen LogP contribution in [0.25, 0.3) is 0 Å². The molecule has 0 aromatic heterocycles. The number of aliphatic hydroxyl groups is 1. The number of carboxylic acids is 1. The van der Waals surface area contributed by atoms with Crippen LogP contribution in [0.5, 0.6) is 0 Å². The Kier molecular flexibility index (Phi) is 3.69. The highest BCUT2D eigenvalue weighted by Crippen LogP contribution is 2.40. The first-order valence-electron chi connectivity index (χ1n) is 7.54. The van der Waals surface area contributed by atoms with Gasteiger partial charge < -0.3 is 20.4 Å². The van der Waals surface area contributed by atoms with Crippen molar-refractivity contribution in [2.75, 3.05) is 6.54 Å². The highest BCUT2D eigenvalue weighted by atomic mass is 16.4. The fourth-order valence-electron chi connectivity index (χ4n) is 4.08. The van der Waals surface area contributed by atoms with Gasteiger partial charge in [-0.25, -0.2) is 4.79 Å². The van der Waals surface area contributed by atoms with Crippen LogP contribution in [0.1, 0.15) is 38.5 Å². The SMILES string of the molecule is O=C(O)C1CC2CCCCC2N1C(=O)C1CC(O)CN1. The summed E-state index contributed by atoms with van der Waals surface area (Å²) in [6.07, 6.45) is 4.61. The van der Waals surface area contributed by atoms with Gasteiger partial charge in [-0.05, 0) is 31.6 Å². The summed E-state index contributed by atoms with van der Waals surface area (Å²) < 4.78 is 0. The molecule has 2 aliphatic heterocycles. The number of hydrogen-bond donors (Lipinski definition) is 3. The number of carboxylic acid groups (broad SMARTS) is 1. The van der Waals surface area contributed by atoms with E-state index in [4.69, 9.17) is 0 Å². The minimum Gasteiger partial charge on any atom is -0.480 e. The van der Waals surface area contributed by atoms with E-state index in [0.29, 0.717) is 25.3 Å². The van der Waals surface area contributed by atoms with Gasteiger partial charge in [-0.15, -0.1) is 0 Å². The van der Waals surface area contributed by atoms with Crippen molar-refractivity contribution in [2.24, 2.45) is 5.92 Å². The van der Waals surface area contributed by atoms with Crippen LogP contribution in [0.3, 0.4) is 0 Å². The maximum absolute atomic E-state index is 12.7. The molecular weight excluding hydrogens is 260 g/mol. The first-order valence-corrected chi connectivity index (χ1v) is 7.54. The van der Waals surface area contributed by atoms with Gasteiger partial charge >= 0.3 is 5.97 Å². The van der Waals surface area contributed by atoms with E-state index in [1.165, 1.54) is 0 Å². The van der Waals surface area contributed by atoms with E-state index < -0.39 is 24.2 Å². The molecule has 1 aliphatic carbocycles. The fraction of sp³-hybridized carbons (Fsp3) is 0.857. The second kappa shape index (κ2) is 5.33. The first kappa shape index (κ1) is 13.8. The Hall–Kier alpha value is -1.14. The lowest BCUT2D eigenvalue weighted by Gasteiger charge is -2.34. The number of carbonyl (C=O) groups excluding carboxylic acids is 1. The Morgan fingerprint density at radius 3 is 2.55 bits per heavy atom. The number of nitrogens with zero attached hydrogens (tertiary/aromatic N) is 1. The number of amides is 1. The van der Waals surface area contributed by atoms with Crippen molar-refractivity contribution in [1.82, 2.24) is 10.2 Å². The molecule has 0 aromatic carbocycles. The van der Waals surface area contributed by atoms with E-state index >= 15 is 0 Å². The predicted octanol–water partition coefficient (Wildman–Crippen LogP) is -0.0465. The molecule has 5 atom stereocenters. The van der Waals surface area contributed by atoms with Gasteiger partial charge in [-0.1, -0.05) is 12.8 Å². The van der Waals surface area contributed by atoms with Crippen molar-refractivity contribution in [3.05, 3.63) is 0 Å². The van der Waals surface area contributed by atoms with Gasteiger partial charge in [-0.2, -0.15) is 0 Å². The zero-order valence-corrected chi connectivity index (χ0v) is 11.5. The molecule has 1 amide bonds. The molecule has 1 saturated carbocycles. The third-order valence-electron chi connectivity index (χ3n) is 5.03. The Morgan fingerprint density at radius 1 is 1.15 bits per heavy atom. The molecule has 0 spiro atoms. The molecule has 0 bridgehead atoms. The molecule has 3 rings (SSSR count). The van der Waals surface area contributed by atoms with E-state index in [1.807, 2.05) is 0 Å². The number of nitrogens with one attached hydrogen (secondary N) is 1. The highest BCUT2D eigenvalue weighted by Gasteiger charge is 2.49. The zero-order valence-electron chi connectivity index (χ0n) is 11.5. The average molecular weight is 282 g/mol. The third kappa shape index (κ3) is 2.31. The van der Waals surface area contributed by atoms with E-state index in [2.05, 4.69) is 5.32 Å². The maximum Gasteiger partial charge on any atom is 0.326 e. The van der Waals surface area contributed by atoms with E-state index in [-0.39, 0.29) is 11.9 Å². The number of rotatable bonds is 2. The molecule has 6 heteroatoms. The summed E-state index contributed by atoms with van der Waals surface area (Å²) in [7, 11) is 0. The monoisotopic (exact) mass is 282 g/mol. The van der Waals surface area contributed by atoms with E-state index in [9.17, 15) is 19.8 Å². The topological polar surface area (TPSA) is 89.9 Å². The Labute approximate surface area is 118 Å². The van der Waals surface area contributed by atoms with Crippen molar-refractivity contribution in [1.29, 1.82) is 0 Å². The van der Waals surface area contributed by atoms with Crippen LogP contribution in [-0.4, -0.2) is 57.8 Å². The van der Waals surface area contributed by atoms with Gasteiger partial charge in [0.05, 0.1) is 12.1 Å². The van der Waals surface area contributed by atoms with Crippen LogP contribution in [0.2, 0.25) is 0 Å².